The van der Waals surface area contributed by atoms with Crippen LogP contribution < -0.4 is 24.8 Å². The Kier molecular flexibility index (Phi) is 9.32. The summed E-state index contributed by atoms with van der Waals surface area (Å²) in [6.45, 7) is 14.5. The standard InChI is InChI=1S/C21H25.C15H19.C6H10.2ClH.Zr/c1-20(2,3)16-7-9-18-14(12-16)11-15-13-17(21(4,5)6)8-10-19(15)18;1-2-4-14(3-1)15-8-11-5-12(9-15)7-13(6-11)10-15;1-2-4-6-5-3-1;;;/h7-13H,1-6H3;1,3,11-13H,2,5-10H2;1-5H2;2*1H;/q;;;;;+2/p-2. The molecule has 2 aromatic rings. The molecular formula is C42H54Cl2Zr. The number of benzene rings is 2. The number of rotatable bonds is 3. The van der Waals surface area contributed by atoms with E-state index in [1.54, 1.807) is 41.5 Å². The van der Waals surface area contributed by atoms with Crippen LogP contribution in [0.25, 0.3) is 11.1 Å². The van der Waals surface area contributed by atoms with E-state index in [1.807, 2.05) is 8.85 Å². The van der Waals surface area contributed by atoms with E-state index in [2.05, 4.69) is 93.3 Å². The summed E-state index contributed by atoms with van der Waals surface area (Å²) in [5.74, 6) is 3.04. The molecule has 240 valence electrons. The smallest absolute Gasteiger partial charge is 1.00 e. The molecule has 0 nitrogen and oxygen atoms in total. The van der Waals surface area contributed by atoms with Crippen molar-refractivity contribution in [1.82, 2.24) is 0 Å². The Labute approximate surface area is 294 Å². The van der Waals surface area contributed by atoms with Gasteiger partial charge in [-0.25, -0.2) is 0 Å². The van der Waals surface area contributed by atoms with Gasteiger partial charge in [-0.3, -0.25) is 0 Å². The summed E-state index contributed by atoms with van der Waals surface area (Å²) in [6, 6.07) is 15.4. The molecule has 0 heterocycles. The monoisotopic (exact) mass is 718 g/mol. The molecule has 0 atom stereocenters. The van der Waals surface area contributed by atoms with Crippen LogP contribution in [0.4, 0.5) is 0 Å². The Morgan fingerprint density at radius 2 is 1.16 bits per heavy atom. The first-order chi connectivity index (χ1) is 20.5. The summed E-state index contributed by atoms with van der Waals surface area (Å²) < 4.78 is 4.77. The molecule has 0 radical (unpaired) electrons. The van der Waals surface area contributed by atoms with Crippen molar-refractivity contribution < 1.29 is 46.1 Å². The van der Waals surface area contributed by atoms with Crippen molar-refractivity contribution in [2.75, 3.05) is 0 Å². The van der Waals surface area contributed by atoms with Crippen LogP contribution in [-0.2, 0) is 32.1 Å². The van der Waals surface area contributed by atoms with Crippen molar-refractivity contribution in [2.45, 2.75) is 133 Å². The van der Waals surface area contributed by atoms with Crippen molar-refractivity contribution in [2.24, 2.45) is 23.2 Å². The molecule has 4 bridgehead atoms. The van der Waals surface area contributed by atoms with Crippen LogP contribution in [0.3, 0.4) is 0 Å². The second-order valence-corrected chi connectivity index (χ2v) is 24.5. The number of allylic oxidation sites excluding steroid dienone is 4. The molecule has 5 saturated carbocycles. The number of halogens is 2. The first kappa shape index (κ1) is 34.1. The minimum absolute atomic E-state index is 0. The fraction of sp³-hybridized carbons (Fsp3) is 0.595. The summed E-state index contributed by atoms with van der Waals surface area (Å²) in [5.41, 5.74) is 12.4. The quantitative estimate of drug-likeness (QED) is 0.391. The fourth-order valence-corrected chi connectivity index (χ4v) is 21.2. The van der Waals surface area contributed by atoms with E-state index in [9.17, 15) is 0 Å². The topological polar surface area (TPSA) is 0 Å². The molecule has 0 spiro atoms. The van der Waals surface area contributed by atoms with Gasteiger partial charge in [-0.15, -0.1) is 0 Å². The summed E-state index contributed by atoms with van der Waals surface area (Å²) in [5, 5.41) is 0. The van der Waals surface area contributed by atoms with Crippen LogP contribution in [0.2, 0.25) is 0 Å². The second-order valence-electron chi connectivity index (χ2n) is 17.8. The van der Waals surface area contributed by atoms with E-state index < -0.39 is 21.3 Å². The van der Waals surface area contributed by atoms with Crippen LogP contribution >= 0.6 is 0 Å². The molecule has 0 saturated heterocycles. The molecule has 0 N–H and O–H groups in total. The van der Waals surface area contributed by atoms with Gasteiger partial charge in [-0.1, -0.05) is 0 Å². The van der Waals surface area contributed by atoms with Crippen LogP contribution in [0.1, 0.15) is 144 Å². The summed E-state index contributed by atoms with van der Waals surface area (Å²) >= 11 is -2.35. The Morgan fingerprint density at radius 3 is 1.62 bits per heavy atom. The van der Waals surface area contributed by atoms with Crippen molar-refractivity contribution in [1.29, 1.82) is 0 Å². The van der Waals surface area contributed by atoms with Crippen molar-refractivity contribution in [3.63, 3.8) is 0 Å². The van der Waals surface area contributed by atoms with Crippen LogP contribution in [-0.4, -0.2) is 3.21 Å². The Bertz CT molecular complexity index is 1470. The molecule has 45 heavy (non-hydrogen) atoms. The molecule has 3 heteroatoms. The van der Waals surface area contributed by atoms with E-state index in [-0.39, 0.29) is 35.6 Å². The molecule has 7 aliphatic carbocycles. The van der Waals surface area contributed by atoms with Crippen molar-refractivity contribution in [3.05, 3.63) is 79.7 Å². The van der Waals surface area contributed by atoms with Gasteiger partial charge in [0.25, 0.3) is 0 Å². The molecule has 0 unspecified atom stereocenters. The normalized spacial score (nSPS) is 28.4. The summed E-state index contributed by atoms with van der Waals surface area (Å²) in [4.78, 5) is 0. The van der Waals surface area contributed by atoms with Gasteiger partial charge in [-0.2, -0.15) is 0 Å². The maximum absolute atomic E-state index is 2.72. The number of hydrogen-bond acceptors (Lipinski definition) is 0. The van der Waals surface area contributed by atoms with Gasteiger partial charge in [0, 0.05) is 0 Å². The predicted octanol–water partition coefficient (Wildman–Crippen LogP) is 5.54. The maximum atomic E-state index is 2.72. The minimum Gasteiger partial charge on any atom is -1.00 e. The van der Waals surface area contributed by atoms with E-state index in [1.165, 1.54) is 68.9 Å². The average Bonchev–Trinajstić information content (AvgIpc) is 3.56. The zero-order valence-electron chi connectivity index (χ0n) is 28.7. The van der Waals surface area contributed by atoms with Gasteiger partial charge in [0.05, 0.1) is 0 Å². The molecule has 0 aromatic heterocycles. The molecule has 5 fully saturated rings. The Balaban J connectivity index is 0.00000179. The molecule has 7 aliphatic rings. The summed E-state index contributed by atoms with van der Waals surface area (Å²) in [6.07, 6.45) is 22.9. The van der Waals surface area contributed by atoms with Crippen LogP contribution in [0.5, 0.6) is 0 Å². The molecule has 2 aromatic carbocycles. The Hall–Kier alpha value is -0.747. The van der Waals surface area contributed by atoms with Gasteiger partial charge in [0.15, 0.2) is 0 Å². The van der Waals surface area contributed by atoms with Crippen LogP contribution in [0.15, 0.2) is 57.4 Å². The number of fused-ring (bicyclic) bond motifs is 3. The zero-order chi connectivity index (χ0) is 29.7. The third-order valence-corrected chi connectivity index (χ3v) is 21.6. The first-order valence-electron chi connectivity index (χ1n) is 17.9. The maximum Gasteiger partial charge on any atom is -1.00 e. The van der Waals surface area contributed by atoms with Gasteiger partial charge < -0.3 is 24.8 Å². The zero-order valence-corrected chi connectivity index (χ0v) is 32.6. The Morgan fingerprint density at radius 1 is 0.667 bits per heavy atom. The predicted molar refractivity (Wildman–Crippen MR) is 181 cm³/mol. The van der Waals surface area contributed by atoms with Gasteiger partial charge in [0.2, 0.25) is 0 Å². The first-order valence-corrected chi connectivity index (χ1v) is 21.8. The van der Waals surface area contributed by atoms with E-state index in [0.717, 1.165) is 17.8 Å². The SMILES string of the molecule is CC(C)(C)c1ccc2c(c1)[CH]([Zr+2]([C]1=C(C34CC5CC(CC(C5)C3)C4)C=CC1)=[C]1CCCCC1)c1cc(C(C)(C)C)ccc1-2.[Cl-].[Cl-]. The second kappa shape index (κ2) is 12.3. The largest absolute Gasteiger partial charge is 1.00 e. The van der Waals surface area contributed by atoms with Crippen LogP contribution in [0, 0.1) is 23.2 Å². The van der Waals surface area contributed by atoms with Crippen molar-refractivity contribution >= 4 is 3.21 Å². The van der Waals surface area contributed by atoms with E-state index in [0.29, 0.717) is 9.04 Å². The van der Waals surface area contributed by atoms with Crippen molar-refractivity contribution in [3.8, 4) is 11.1 Å². The van der Waals surface area contributed by atoms with Gasteiger partial charge in [-0.05, 0) is 0 Å². The van der Waals surface area contributed by atoms with E-state index >= 15 is 0 Å². The molecule has 0 aliphatic heterocycles. The summed E-state index contributed by atoms with van der Waals surface area (Å²) in [7, 11) is 0. The minimum atomic E-state index is -2.35. The third-order valence-electron chi connectivity index (χ3n) is 12.7. The molecule has 9 rings (SSSR count). The number of hydrogen-bond donors (Lipinski definition) is 0. The van der Waals surface area contributed by atoms with Gasteiger partial charge >= 0.3 is 271 Å². The van der Waals surface area contributed by atoms with Gasteiger partial charge in [0.1, 0.15) is 0 Å². The van der Waals surface area contributed by atoms with E-state index in [4.69, 9.17) is 0 Å². The fourth-order valence-electron chi connectivity index (χ4n) is 11.0. The molecule has 0 amide bonds. The third kappa shape index (κ3) is 5.84. The average molecular weight is 721 g/mol. The molecular weight excluding hydrogens is 667 g/mol.